The highest BCUT2D eigenvalue weighted by molar-refractivity contribution is 5.32. The third kappa shape index (κ3) is 2.03. The van der Waals surface area contributed by atoms with E-state index in [1.165, 1.54) is 20.9 Å². The maximum atomic E-state index is 12.1. The van der Waals surface area contributed by atoms with Crippen molar-refractivity contribution in [1.82, 2.24) is 39.2 Å². The average molecular weight is 312 g/mol. The van der Waals surface area contributed by atoms with Gasteiger partial charge in [0, 0.05) is 23.5 Å². The molecule has 2 N–H and O–H groups in total. The summed E-state index contributed by atoms with van der Waals surface area (Å²) in [6, 6.07) is 2.84. The van der Waals surface area contributed by atoms with Crippen LogP contribution in [0.5, 0.6) is 0 Å². The van der Waals surface area contributed by atoms with Crippen LogP contribution in [0.2, 0.25) is 0 Å². The molecule has 0 aliphatic heterocycles. The Morgan fingerprint density at radius 3 is 1.74 bits per heavy atom. The molecule has 0 radical (unpaired) electrons. The topological polar surface area (TPSA) is 126 Å². The van der Waals surface area contributed by atoms with Crippen LogP contribution in [0.25, 0.3) is 11.6 Å². The second kappa shape index (κ2) is 4.60. The van der Waals surface area contributed by atoms with Crippen molar-refractivity contribution in [2.24, 2.45) is 0 Å². The highest BCUT2D eigenvalue weighted by atomic mass is 16.1. The monoisotopic (exact) mass is 312 g/mol. The Hall–Kier alpha value is -3.30. The molecule has 23 heavy (non-hydrogen) atoms. The molecule has 116 valence electrons. The van der Waals surface area contributed by atoms with E-state index in [1.54, 1.807) is 13.8 Å². The molecule has 4 aromatic rings. The molecule has 0 aliphatic rings. The SMILES string of the molecule is Cc1cc(=O)n2c(Cc3n[nH]c4nc(C)cc(=O)n34)n[nH]c2n1. The van der Waals surface area contributed by atoms with E-state index in [0.717, 1.165) is 0 Å². The summed E-state index contributed by atoms with van der Waals surface area (Å²) in [5.41, 5.74) is 0.729. The van der Waals surface area contributed by atoms with E-state index in [4.69, 9.17) is 0 Å². The highest BCUT2D eigenvalue weighted by Crippen LogP contribution is 2.06. The minimum atomic E-state index is -0.239. The summed E-state index contributed by atoms with van der Waals surface area (Å²) in [5, 5.41) is 13.7. The Kier molecular flexibility index (Phi) is 2.67. The lowest BCUT2D eigenvalue weighted by Gasteiger charge is -1.99. The predicted molar refractivity (Wildman–Crippen MR) is 79.5 cm³/mol. The summed E-state index contributed by atoms with van der Waals surface area (Å²) in [7, 11) is 0. The van der Waals surface area contributed by atoms with E-state index in [0.29, 0.717) is 34.6 Å². The average Bonchev–Trinajstić information content (AvgIpc) is 3.04. The maximum absolute atomic E-state index is 12.1. The molecule has 10 heteroatoms. The third-order valence-electron chi connectivity index (χ3n) is 3.50. The first kappa shape index (κ1) is 13.4. The molecule has 4 rings (SSSR count). The standard InChI is InChI=1S/C13H12N8O2/c1-6-3-10(22)20-8(16-18-12(20)14-6)5-9-17-19-13-15-7(2)4-11(23)21(9)13/h3-4H,5H2,1-2H3,(H,14,18)(H,15,19). The van der Waals surface area contributed by atoms with Crippen LogP contribution in [0.3, 0.4) is 0 Å². The smallest absolute Gasteiger partial charge is 0.260 e. The van der Waals surface area contributed by atoms with Gasteiger partial charge in [0.15, 0.2) is 0 Å². The summed E-state index contributed by atoms with van der Waals surface area (Å²) in [6.07, 6.45) is 0.176. The van der Waals surface area contributed by atoms with Gasteiger partial charge in [0.1, 0.15) is 11.6 Å². The van der Waals surface area contributed by atoms with Gasteiger partial charge in [-0.15, -0.1) is 0 Å². The zero-order valence-electron chi connectivity index (χ0n) is 12.4. The molecular weight excluding hydrogens is 300 g/mol. The van der Waals surface area contributed by atoms with Crippen LogP contribution in [0.15, 0.2) is 21.7 Å². The zero-order chi connectivity index (χ0) is 16.1. The minimum Gasteiger partial charge on any atom is -0.269 e. The molecule has 0 saturated carbocycles. The largest absolute Gasteiger partial charge is 0.269 e. The van der Waals surface area contributed by atoms with Gasteiger partial charge in [-0.25, -0.2) is 29.0 Å². The van der Waals surface area contributed by atoms with Gasteiger partial charge in [-0.3, -0.25) is 9.59 Å². The molecule has 0 aromatic carbocycles. The molecule has 0 atom stereocenters. The Labute approximate surface area is 127 Å². The Morgan fingerprint density at radius 1 is 0.870 bits per heavy atom. The third-order valence-corrected chi connectivity index (χ3v) is 3.50. The van der Waals surface area contributed by atoms with Gasteiger partial charge in [-0.05, 0) is 13.8 Å². The van der Waals surface area contributed by atoms with Crippen LogP contribution < -0.4 is 11.1 Å². The van der Waals surface area contributed by atoms with Crippen molar-refractivity contribution in [2.45, 2.75) is 20.3 Å². The molecule has 0 amide bonds. The highest BCUT2D eigenvalue weighted by Gasteiger charge is 2.15. The summed E-state index contributed by atoms with van der Waals surface area (Å²) in [4.78, 5) is 32.7. The fourth-order valence-electron chi connectivity index (χ4n) is 2.55. The Balaban J connectivity index is 1.89. The number of aromatic amines is 2. The molecule has 0 bridgehead atoms. The number of hydrogen-bond acceptors (Lipinski definition) is 6. The van der Waals surface area contributed by atoms with E-state index in [9.17, 15) is 9.59 Å². The first-order chi connectivity index (χ1) is 11.0. The number of hydrogen-bond donors (Lipinski definition) is 2. The number of rotatable bonds is 2. The fourth-order valence-corrected chi connectivity index (χ4v) is 2.55. The van der Waals surface area contributed by atoms with Crippen LogP contribution >= 0.6 is 0 Å². The van der Waals surface area contributed by atoms with Gasteiger partial charge in [0.05, 0.1) is 6.42 Å². The first-order valence-corrected chi connectivity index (χ1v) is 6.90. The number of aromatic nitrogens is 8. The van der Waals surface area contributed by atoms with Crippen LogP contribution in [0, 0.1) is 13.8 Å². The lowest BCUT2D eigenvalue weighted by molar-refractivity contribution is 0.832. The Bertz CT molecular complexity index is 1070. The van der Waals surface area contributed by atoms with Crippen LogP contribution in [-0.2, 0) is 6.42 Å². The van der Waals surface area contributed by atoms with Gasteiger partial charge >= 0.3 is 0 Å². The van der Waals surface area contributed by atoms with E-state index in [1.807, 2.05) is 0 Å². The van der Waals surface area contributed by atoms with Crippen molar-refractivity contribution in [3.63, 3.8) is 0 Å². The molecule has 4 aromatic heterocycles. The van der Waals surface area contributed by atoms with Gasteiger partial charge < -0.3 is 0 Å². The van der Waals surface area contributed by atoms with E-state index < -0.39 is 0 Å². The minimum absolute atomic E-state index is 0.176. The normalized spacial score (nSPS) is 11.6. The van der Waals surface area contributed by atoms with Crippen molar-refractivity contribution in [2.75, 3.05) is 0 Å². The number of fused-ring (bicyclic) bond motifs is 2. The molecule has 0 aliphatic carbocycles. The van der Waals surface area contributed by atoms with Gasteiger partial charge in [0.25, 0.3) is 11.1 Å². The number of aryl methyl sites for hydroxylation is 2. The molecule has 0 spiro atoms. The van der Waals surface area contributed by atoms with Gasteiger partial charge in [-0.1, -0.05) is 0 Å². The number of H-pyrrole nitrogens is 2. The van der Waals surface area contributed by atoms with Gasteiger partial charge in [0.2, 0.25) is 11.6 Å². The van der Waals surface area contributed by atoms with Crippen LogP contribution in [-0.4, -0.2) is 39.2 Å². The van der Waals surface area contributed by atoms with E-state index in [2.05, 4.69) is 30.4 Å². The van der Waals surface area contributed by atoms with Crippen molar-refractivity contribution >= 4 is 11.6 Å². The molecule has 0 fully saturated rings. The predicted octanol–water partition coefficient (Wildman–Crippen LogP) is -0.644. The van der Waals surface area contributed by atoms with Crippen LogP contribution in [0.4, 0.5) is 0 Å². The molecular formula is C13H12N8O2. The quantitative estimate of drug-likeness (QED) is 0.507. The summed E-state index contributed by atoms with van der Waals surface area (Å²) < 4.78 is 2.72. The summed E-state index contributed by atoms with van der Waals surface area (Å²) in [5.74, 6) is 1.54. The maximum Gasteiger partial charge on any atom is 0.260 e. The molecule has 4 heterocycles. The molecule has 10 nitrogen and oxygen atoms in total. The second-order valence-corrected chi connectivity index (χ2v) is 5.25. The first-order valence-electron chi connectivity index (χ1n) is 6.90. The lowest BCUT2D eigenvalue weighted by atomic mass is 10.3. The summed E-state index contributed by atoms with van der Waals surface area (Å²) >= 11 is 0. The number of nitrogens with zero attached hydrogens (tertiary/aromatic N) is 6. The van der Waals surface area contributed by atoms with E-state index in [-0.39, 0.29) is 17.5 Å². The van der Waals surface area contributed by atoms with Crippen molar-refractivity contribution in [3.05, 3.63) is 55.9 Å². The van der Waals surface area contributed by atoms with Crippen molar-refractivity contribution < 1.29 is 0 Å². The lowest BCUT2D eigenvalue weighted by Crippen LogP contribution is -2.19. The molecule has 0 saturated heterocycles. The zero-order valence-corrected chi connectivity index (χ0v) is 12.4. The second-order valence-electron chi connectivity index (χ2n) is 5.25. The number of nitrogens with one attached hydrogen (secondary N) is 2. The molecule has 0 unspecified atom stereocenters. The fraction of sp³-hybridized carbons (Fsp3) is 0.231. The van der Waals surface area contributed by atoms with Crippen LogP contribution in [0.1, 0.15) is 23.0 Å². The van der Waals surface area contributed by atoms with Crippen molar-refractivity contribution in [3.8, 4) is 0 Å². The van der Waals surface area contributed by atoms with Crippen molar-refractivity contribution in [1.29, 1.82) is 0 Å². The van der Waals surface area contributed by atoms with Gasteiger partial charge in [-0.2, -0.15) is 10.2 Å². The van der Waals surface area contributed by atoms with E-state index >= 15 is 0 Å². The summed E-state index contributed by atoms with van der Waals surface area (Å²) in [6.45, 7) is 3.47. The Morgan fingerprint density at radius 2 is 1.30 bits per heavy atom.